The summed E-state index contributed by atoms with van der Waals surface area (Å²) in [5.41, 5.74) is 5.11. The van der Waals surface area contributed by atoms with Gasteiger partial charge in [0.15, 0.2) is 0 Å². The summed E-state index contributed by atoms with van der Waals surface area (Å²) in [6, 6.07) is 16.9. The van der Waals surface area contributed by atoms with Gasteiger partial charge in [-0.15, -0.1) is 0 Å². The highest BCUT2D eigenvalue weighted by Gasteiger charge is 2.24. The Morgan fingerprint density at radius 3 is 2.43 bits per heavy atom. The lowest BCUT2D eigenvalue weighted by Gasteiger charge is -2.29. The molecule has 0 saturated carbocycles. The molecule has 0 radical (unpaired) electrons. The summed E-state index contributed by atoms with van der Waals surface area (Å²) >= 11 is 0. The summed E-state index contributed by atoms with van der Waals surface area (Å²) in [5, 5.41) is 2.92. The van der Waals surface area contributed by atoms with E-state index in [1.54, 1.807) is 30.6 Å². The lowest BCUT2D eigenvalue weighted by molar-refractivity contribution is 0.102. The molecule has 0 unspecified atom stereocenters. The summed E-state index contributed by atoms with van der Waals surface area (Å²) in [6.07, 6.45) is 7.06. The van der Waals surface area contributed by atoms with Crippen LogP contribution >= 0.6 is 0 Å². The van der Waals surface area contributed by atoms with Gasteiger partial charge in [-0.2, -0.15) is 0 Å². The van der Waals surface area contributed by atoms with Crippen LogP contribution in [-0.2, 0) is 22.9 Å². The summed E-state index contributed by atoms with van der Waals surface area (Å²) < 4.78 is 25.4. The fourth-order valence-corrected chi connectivity index (χ4v) is 4.69. The fourth-order valence-electron chi connectivity index (χ4n) is 3.69. The van der Waals surface area contributed by atoms with E-state index in [0.29, 0.717) is 23.5 Å². The smallest absolute Gasteiger partial charge is 0.255 e. The number of rotatable bonds is 5. The molecule has 1 N–H and O–H groups in total. The Kier molecular flexibility index (Phi) is 5.55. The highest BCUT2D eigenvalue weighted by molar-refractivity contribution is 7.92. The summed E-state index contributed by atoms with van der Waals surface area (Å²) in [5.74, 6) is -0.212. The maximum absolute atomic E-state index is 12.7. The van der Waals surface area contributed by atoms with Gasteiger partial charge in [-0.3, -0.25) is 14.1 Å². The third-order valence-electron chi connectivity index (χ3n) is 5.19. The van der Waals surface area contributed by atoms with Crippen molar-refractivity contribution in [1.29, 1.82) is 0 Å². The summed E-state index contributed by atoms with van der Waals surface area (Å²) in [4.78, 5) is 16.7. The minimum Gasteiger partial charge on any atom is -0.322 e. The molecule has 1 aromatic heterocycles. The molecule has 4 rings (SSSR count). The second-order valence-corrected chi connectivity index (χ2v) is 9.37. The molecule has 0 atom stereocenters. The highest BCUT2D eigenvalue weighted by atomic mass is 32.2. The number of carbonyl (C=O) groups is 1. The number of benzene rings is 2. The number of fused-ring (bicyclic) bond motifs is 1. The van der Waals surface area contributed by atoms with E-state index in [1.807, 2.05) is 36.4 Å². The van der Waals surface area contributed by atoms with Gasteiger partial charge >= 0.3 is 0 Å². The van der Waals surface area contributed by atoms with Crippen molar-refractivity contribution in [2.24, 2.45) is 0 Å². The molecule has 1 amide bonds. The van der Waals surface area contributed by atoms with Crippen LogP contribution in [0.25, 0.3) is 0 Å². The van der Waals surface area contributed by atoms with Crippen LogP contribution in [-0.4, -0.2) is 32.1 Å². The van der Waals surface area contributed by atoms with E-state index >= 15 is 0 Å². The van der Waals surface area contributed by atoms with Gasteiger partial charge < -0.3 is 5.32 Å². The molecule has 2 heterocycles. The second-order valence-electron chi connectivity index (χ2n) is 7.47. The number of aryl methyl sites for hydroxylation is 1. The fraction of sp³-hybridized carbons (Fsp3) is 0.217. The molecule has 0 spiro atoms. The molecule has 6 nitrogen and oxygen atoms in total. The second kappa shape index (κ2) is 8.28. The minimum absolute atomic E-state index is 0.212. The van der Waals surface area contributed by atoms with Gasteiger partial charge in [0.2, 0.25) is 10.0 Å². The minimum atomic E-state index is -3.32. The average molecular weight is 422 g/mol. The molecule has 0 aliphatic carbocycles. The van der Waals surface area contributed by atoms with Gasteiger partial charge in [0.25, 0.3) is 5.91 Å². The Bertz CT molecular complexity index is 1160. The molecule has 0 bridgehead atoms. The van der Waals surface area contributed by atoms with Gasteiger partial charge in [0.1, 0.15) is 0 Å². The van der Waals surface area contributed by atoms with Gasteiger partial charge in [-0.25, -0.2) is 8.42 Å². The van der Waals surface area contributed by atoms with Gasteiger partial charge in [-0.05, 0) is 78.4 Å². The number of carbonyl (C=O) groups excluding carboxylic acids is 1. The maximum Gasteiger partial charge on any atom is 0.255 e. The maximum atomic E-state index is 12.7. The zero-order valence-electron chi connectivity index (χ0n) is 16.7. The molecular weight excluding hydrogens is 398 g/mol. The number of pyridine rings is 1. The SMILES string of the molecule is CS(=O)(=O)N1CCCc2cc(C(=O)Nc3ccc(Cc4ccncc4)cc3)ccc21. The van der Waals surface area contributed by atoms with Crippen molar-refractivity contribution in [1.82, 2.24) is 4.98 Å². The quantitative estimate of drug-likeness (QED) is 0.682. The van der Waals surface area contributed by atoms with Crippen LogP contribution < -0.4 is 9.62 Å². The third-order valence-corrected chi connectivity index (χ3v) is 6.37. The van der Waals surface area contributed by atoms with Gasteiger partial charge in [-0.1, -0.05) is 12.1 Å². The molecule has 1 aliphatic rings. The van der Waals surface area contributed by atoms with E-state index in [1.165, 1.54) is 16.1 Å². The van der Waals surface area contributed by atoms with Crippen molar-refractivity contribution in [3.8, 4) is 0 Å². The lowest BCUT2D eigenvalue weighted by Crippen LogP contribution is -2.34. The monoisotopic (exact) mass is 421 g/mol. The molecule has 0 fully saturated rings. The van der Waals surface area contributed by atoms with Crippen LogP contribution in [0.2, 0.25) is 0 Å². The van der Waals surface area contributed by atoms with Crippen molar-refractivity contribution in [2.75, 3.05) is 22.4 Å². The number of anilines is 2. The molecular formula is C23H23N3O3S. The molecule has 3 aromatic rings. The van der Waals surface area contributed by atoms with E-state index in [-0.39, 0.29) is 5.91 Å². The lowest BCUT2D eigenvalue weighted by atomic mass is 10.0. The van der Waals surface area contributed by atoms with Crippen molar-refractivity contribution >= 4 is 27.3 Å². The van der Waals surface area contributed by atoms with E-state index in [2.05, 4.69) is 10.3 Å². The first-order chi connectivity index (χ1) is 14.4. The number of sulfonamides is 1. The number of nitrogens with zero attached hydrogens (tertiary/aromatic N) is 2. The molecule has 0 saturated heterocycles. The molecule has 2 aromatic carbocycles. The first-order valence-electron chi connectivity index (χ1n) is 9.80. The average Bonchev–Trinajstić information content (AvgIpc) is 2.74. The number of hydrogen-bond donors (Lipinski definition) is 1. The molecule has 7 heteroatoms. The Labute approximate surface area is 176 Å². The number of hydrogen-bond acceptors (Lipinski definition) is 4. The third kappa shape index (κ3) is 4.52. The van der Waals surface area contributed by atoms with E-state index in [0.717, 1.165) is 30.4 Å². The van der Waals surface area contributed by atoms with Crippen LogP contribution in [0.1, 0.15) is 33.5 Å². The van der Waals surface area contributed by atoms with Gasteiger partial charge in [0.05, 0.1) is 11.9 Å². The highest BCUT2D eigenvalue weighted by Crippen LogP contribution is 2.30. The number of aromatic nitrogens is 1. The van der Waals surface area contributed by atoms with Crippen molar-refractivity contribution in [3.63, 3.8) is 0 Å². The van der Waals surface area contributed by atoms with Crippen molar-refractivity contribution < 1.29 is 13.2 Å². The van der Waals surface area contributed by atoms with Crippen LogP contribution in [0, 0.1) is 0 Å². The zero-order chi connectivity index (χ0) is 21.1. The Morgan fingerprint density at radius 2 is 1.73 bits per heavy atom. The predicted molar refractivity (Wildman–Crippen MR) is 118 cm³/mol. The van der Waals surface area contributed by atoms with Gasteiger partial charge in [0, 0.05) is 30.2 Å². The Balaban J connectivity index is 1.46. The standard InChI is InChI=1S/C23H23N3O3S/c1-30(28,29)26-14-2-3-19-16-20(6-9-22(19)26)23(27)25-21-7-4-17(5-8-21)15-18-10-12-24-13-11-18/h4-13,16H,2-3,14-15H2,1H3,(H,25,27). The van der Waals surface area contributed by atoms with Crippen LogP contribution in [0.3, 0.4) is 0 Å². The molecule has 30 heavy (non-hydrogen) atoms. The Morgan fingerprint density at radius 1 is 1.03 bits per heavy atom. The molecule has 154 valence electrons. The molecule has 1 aliphatic heterocycles. The van der Waals surface area contributed by atoms with E-state index < -0.39 is 10.0 Å². The number of amides is 1. The topological polar surface area (TPSA) is 79.4 Å². The summed E-state index contributed by atoms with van der Waals surface area (Å²) in [7, 11) is -3.32. The van der Waals surface area contributed by atoms with Crippen molar-refractivity contribution in [3.05, 3.63) is 89.2 Å². The Hall–Kier alpha value is -3.19. The van der Waals surface area contributed by atoms with E-state index in [9.17, 15) is 13.2 Å². The largest absolute Gasteiger partial charge is 0.322 e. The van der Waals surface area contributed by atoms with Crippen LogP contribution in [0.15, 0.2) is 67.0 Å². The number of nitrogens with one attached hydrogen (secondary N) is 1. The first kappa shape index (κ1) is 20.1. The normalized spacial score (nSPS) is 13.6. The van der Waals surface area contributed by atoms with Crippen LogP contribution in [0.5, 0.6) is 0 Å². The van der Waals surface area contributed by atoms with Crippen molar-refractivity contribution in [2.45, 2.75) is 19.3 Å². The van der Waals surface area contributed by atoms with E-state index in [4.69, 9.17) is 0 Å². The first-order valence-corrected chi connectivity index (χ1v) is 11.6. The predicted octanol–water partition coefficient (Wildman–Crippen LogP) is 3.64. The summed E-state index contributed by atoms with van der Waals surface area (Å²) in [6.45, 7) is 0.475. The van der Waals surface area contributed by atoms with Crippen LogP contribution in [0.4, 0.5) is 11.4 Å². The zero-order valence-corrected chi connectivity index (χ0v) is 17.5.